The molecular formula is C11H19N5O3S. The topological polar surface area (TPSA) is 91.4 Å². The molecule has 8 nitrogen and oxygen atoms in total. The number of rotatable bonds is 4. The number of H-pyrrole nitrogens is 1. The minimum Gasteiger partial charge on any atom is -0.381 e. The molecule has 1 aromatic rings. The van der Waals surface area contributed by atoms with E-state index in [2.05, 4.69) is 15.2 Å². The molecule has 0 aliphatic carbocycles. The summed E-state index contributed by atoms with van der Waals surface area (Å²) in [4.78, 5) is 6.10. The van der Waals surface area contributed by atoms with Crippen molar-refractivity contribution in [1.82, 2.24) is 19.5 Å². The van der Waals surface area contributed by atoms with Crippen molar-refractivity contribution in [1.29, 1.82) is 0 Å². The van der Waals surface area contributed by atoms with Gasteiger partial charge in [0, 0.05) is 32.8 Å². The number of piperazine rings is 1. The predicted octanol–water partition coefficient (Wildman–Crippen LogP) is -0.707. The van der Waals surface area contributed by atoms with E-state index in [1.807, 2.05) is 4.90 Å². The third-order valence-electron chi connectivity index (χ3n) is 3.80. The Morgan fingerprint density at radius 1 is 1.35 bits per heavy atom. The van der Waals surface area contributed by atoms with Gasteiger partial charge >= 0.3 is 0 Å². The zero-order valence-electron chi connectivity index (χ0n) is 11.2. The molecule has 3 heterocycles. The van der Waals surface area contributed by atoms with Gasteiger partial charge in [0.1, 0.15) is 6.33 Å². The largest absolute Gasteiger partial charge is 0.381 e. The van der Waals surface area contributed by atoms with Crippen LogP contribution in [-0.2, 0) is 14.8 Å². The van der Waals surface area contributed by atoms with Crippen molar-refractivity contribution >= 4 is 16.0 Å². The van der Waals surface area contributed by atoms with Crippen molar-refractivity contribution in [2.24, 2.45) is 5.92 Å². The summed E-state index contributed by atoms with van der Waals surface area (Å²) in [6.45, 7) is 3.51. The van der Waals surface area contributed by atoms with Crippen molar-refractivity contribution in [3.05, 3.63) is 6.33 Å². The SMILES string of the molecule is O=S(=O)(C[C@H]1CCOC1)N1CCN(c2ncn[nH]2)CC1. The molecule has 0 unspecified atom stereocenters. The molecule has 0 amide bonds. The van der Waals surface area contributed by atoms with Gasteiger partial charge in [0.25, 0.3) is 0 Å². The van der Waals surface area contributed by atoms with E-state index in [1.165, 1.54) is 6.33 Å². The number of nitrogens with one attached hydrogen (secondary N) is 1. The first kappa shape index (κ1) is 13.8. The van der Waals surface area contributed by atoms with Crippen LogP contribution < -0.4 is 4.90 Å². The van der Waals surface area contributed by atoms with Crippen LogP contribution in [-0.4, -0.2) is 73.0 Å². The van der Waals surface area contributed by atoms with E-state index in [1.54, 1.807) is 4.31 Å². The molecule has 2 fully saturated rings. The zero-order valence-corrected chi connectivity index (χ0v) is 12.0. The Morgan fingerprint density at radius 3 is 2.75 bits per heavy atom. The molecule has 1 N–H and O–H groups in total. The number of hydrogen-bond donors (Lipinski definition) is 1. The lowest BCUT2D eigenvalue weighted by atomic mass is 10.2. The minimum atomic E-state index is -3.18. The fraction of sp³-hybridized carbons (Fsp3) is 0.818. The van der Waals surface area contributed by atoms with Gasteiger partial charge in [-0.1, -0.05) is 0 Å². The summed E-state index contributed by atoms with van der Waals surface area (Å²) in [5.74, 6) is 1.05. The second-order valence-corrected chi connectivity index (χ2v) is 7.22. The Balaban J connectivity index is 1.56. The van der Waals surface area contributed by atoms with E-state index in [0.717, 1.165) is 6.42 Å². The monoisotopic (exact) mass is 301 g/mol. The highest BCUT2D eigenvalue weighted by molar-refractivity contribution is 7.89. The van der Waals surface area contributed by atoms with Gasteiger partial charge in [-0.2, -0.15) is 14.4 Å². The van der Waals surface area contributed by atoms with Gasteiger partial charge in [0.05, 0.1) is 12.4 Å². The second kappa shape index (κ2) is 5.66. The average Bonchev–Trinajstić information content (AvgIpc) is 3.11. The normalized spacial score (nSPS) is 25.2. The van der Waals surface area contributed by atoms with Gasteiger partial charge in [-0.05, 0) is 12.3 Å². The lowest BCUT2D eigenvalue weighted by molar-refractivity contribution is 0.188. The second-order valence-electron chi connectivity index (χ2n) is 5.20. The van der Waals surface area contributed by atoms with Crippen molar-refractivity contribution in [2.45, 2.75) is 6.42 Å². The fourth-order valence-corrected chi connectivity index (χ4v) is 4.44. The van der Waals surface area contributed by atoms with Crippen LogP contribution in [0.5, 0.6) is 0 Å². The van der Waals surface area contributed by atoms with Crippen molar-refractivity contribution in [3.8, 4) is 0 Å². The number of nitrogens with zero attached hydrogens (tertiary/aromatic N) is 4. The van der Waals surface area contributed by atoms with Crippen molar-refractivity contribution in [2.75, 3.05) is 50.0 Å². The molecule has 0 bridgehead atoms. The van der Waals surface area contributed by atoms with Gasteiger partial charge in [-0.25, -0.2) is 13.5 Å². The Hall–Kier alpha value is -1.19. The van der Waals surface area contributed by atoms with Crippen LogP contribution in [0.15, 0.2) is 6.33 Å². The summed E-state index contributed by atoms with van der Waals surface area (Å²) in [5.41, 5.74) is 0. The summed E-state index contributed by atoms with van der Waals surface area (Å²) in [6, 6.07) is 0. The third-order valence-corrected chi connectivity index (χ3v) is 5.85. The molecule has 9 heteroatoms. The molecule has 0 saturated carbocycles. The summed E-state index contributed by atoms with van der Waals surface area (Å²) < 4.78 is 31.5. The summed E-state index contributed by atoms with van der Waals surface area (Å²) >= 11 is 0. The van der Waals surface area contributed by atoms with Crippen LogP contribution >= 0.6 is 0 Å². The maximum Gasteiger partial charge on any atom is 0.221 e. The molecule has 0 aromatic carbocycles. The first-order valence-electron chi connectivity index (χ1n) is 6.81. The summed E-state index contributed by atoms with van der Waals surface area (Å²) in [7, 11) is -3.18. The van der Waals surface area contributed by atoms with E-state index in [4.69, 9.17) is 4.74 Å². The first-order chi connectivity index (χ1) is 9.65. The quantitative estimate of drug-likeness (QED) is 0.790. The molecule has 0 spiro atoms. The maximum atomic E-state index is 12.4. The maximum absolute atomic E-state index is 12.4. The standard InChI is InChI=1S/C11H19N5O3S/c17-20(18,8-10-1-6-19-7-10)16-4-2-15(3-5-16)11-12-9-13-14-11/h9-10H,1-8H2,(H,12,13,14)/t10-/m0/s1. The fourth-order valence-electron chi connectivity index (χ4n) is 2.65. The van der Waals surface area contributed by atoms with Gasteiger partial charge in [-0.15, -0.1) is 0 Å². The van der Waals surface area contributed by atoms with Crippen molar-refractivity contribution < 1.29 is 13.2 Å². The number of hydrogen-bond acceptors (Lipinski definition) is 6. The summed E-state index contributed by atoms with van der Waals surface area (Å²) in [5, 5.41) is 6.61. The molecule has 1 atom stereocenters. The van der Waals surface area contributed by atoms with E-state index in [-0.39, 0.29) is 11.7 Å². The van der Waals surface area contributed by atoms with Crippen LogP contribution in [0.3, 0.4) is 0 Å². The zero-order chi connectivity index (χ0) is 14.0. The van der Waals surface area contributed by atoms with Gasteiger partial charge < -0.3 is 9.64 Å². The van der Waals surface area contributed by atoms with Gasteiger partial charge in [0.15, 0.2) is 0 Å². The highest BCUT2D eigenvalue weighted by atomic mass is 32.2. The Morgan fingerprint density at radius 2 is 2.15 bits per heavy atom. The number of aromatic amines is 1. The molecule has 2 aliphatic rings. The summed E-state index contributed by atoms with van der Waals surface area (Å²) in [6.07, 6.45) is 2.30. The van der Waals surface area contributed by atoms with Gasteiger partial charge in [-0.3, -0.25) is 0 Å². The van der Waals surface area contributed by atoms with E-state index >= 15 is 0 Å². The van der Waals surface area contributed by atoms with E-state index in [0.29, 0.717) is 45.3 Å². The molecule has 2 aliphatic heterocycles. The first-order valence-corrected chi connectivity index (χ1v) is 8.42. The lowest BCUT2D eigenvalue weighted by Gasteiger charge is -2.34. The molecule has 20 heavy (non-hydrogen) atoms. The van der Waals surface area contributed by atoms with Crippen LogP contribution in [0, 0.1) is 5.92 Å². The molecule has 0 radical (unpaired) electrons. The highest BCUT2D eigenvalue weighted by Gasteiger charge is 2.31. The molecule has 3 rings (SSSR count). The van der Waals surface area contributed by atoms with Gasteiger partial charge in [0.2, 0.25) is 16.0 Å². The number of aromatic nitrogens is 3. The van der Waals surface area contributed by atoms with Crippen LogP contribution in [0.25, 0.3) is 0 Å². The van der Waals surface area contributed by atoms with E-state index < -0.39 is 10.0 Å². The Bertz CT molecular complexity index is 518. The van der Waals surface area contributed by atoms with Crippen molar-refractivity contribution in [3.63, 3.8) is 0 Å². The smallest absolute Gasteiger partial charge is 0.221 e. The van der Waals surface area contributed by atoms with Crippen LogP contribution in [0.2, 0.25) is 0 Å². The number of sulfonamides is 1. The molecule has 112 valence electrons. The Kier molecular flexibility index (Phi) is 3.90. The third kappa shape index (κ3) is 2.94. The highest BCUT2D eigenvalue weighted by Crippen LogP contribution is 2.19. The minimum absolute atomic E-state index is 0.146. The Labute approximate surface area is 118 Å². The van der Waals surface area contributed by atoms with Crippen LogP contribution in [0.4, 0.5) is 5.95 Å². The molecular weight excluding hydrogens is 282 g/mol. The molecule has 2 saturated heterocycles. The van der Waals surface area contributed by atoms with Crippen LogP contribution in [0.1, 0.15) is 6.42 Å². The lowest BCUT2D eigenvalue weighted by Crippen LogP contribution is -2.50. The predicted molar refractivity (Wildman–Crippen MR) is 72.9 cm³/mol. The average molecular weight is 301 g/mol. The number of anilines is 1. The molecule has 1 aromatic heterocycles. The number of ether oxygens (including phenoxy) is 1. The van der Waals surface area contributed by atoms with E-state index in [9.17, 15) is 8.42 Å².